The molecular weight excluding hydrogens is 382 g/mol. The van der Waals surface area contributed by atoms with Crippen molar-refractivity contribution in [2.75, 3.05) is 13.2 Å². The van der Waals surface area contributed by atoms with E-state index < -0.39 is 0 Å². The summed E-state index contributed by atoms with van der Waals surface area (Å²) in [6.07, 6.45) is 0.880. The highest BCUT2D eigenvalue weighted by Crippen LogP contribution is 2.34. The lowest BCUT2D eigenvalue weighted by Gasteiger charge is -2.18. The van der Waals surface area contributed by atoms with E-state index in [1.54, 1.807) is 0 Å². The van der Waals surface area contributed by atoms with Crippen LogP contribution < -0.4 is 14.8 Å². The molecule has 0 bridgehead atoms. The average molecular weight is 408 g/mol. The molecule has 0 fully saturated rings. The van der Waals surface area contributed by atoms with E-state index in [4.69, 9.17) is 9.47 Å². The van der Waals surface area contributed by atoms with Crippen LogP contribution in [0.1, 0.15) is 31.4 Å². The number of aliphatic hydroxyl groups excluding tert-OH is 1. The van der Waals surface area contributed by atoms with Gasteiger partial charge in [-0.25, -0.2) is 0 Å². The van der Waals surface area contributed by atoms with Crippen molar-refractivity contribution >= 4 is 15.9 Å². The predicted molar refractivity (Wildman–Crippen MR) is 104 cm³/mol. The summed E-state index contributed by atoms with van der Waals surface area (Å²) in [5.41, 5.74) is 2.18. The molecule has 136 valence electrons. The van der Waals surface area contributed by atoms with Crippen LogP contribution in [0.3, 0.4) is 0 Å². The number of benzene rings is 2. The van der Waals surface area contributed by atoms with Crippen LogP contribution in [0.5, 0.6) is 11.5 Å². The minimum Gasteiger partial charge on any atom is -0.490 e. The largest absolute Gasteiger partial charge is 0.490 e. The predicted octanol–water partition coefficient (Wildman–Crippen LogP) is 4.29. The van der Waals surface area contributed by atoms with E-state index in [0.717, 1.165) is 33.5 Å². The van der Waals surface area contributed by atoms with Gasteiger partial charge >= 0.3 is 0 Å². The summed E-state index contributed by atoms with van der Waals surface area (Å²) in [5, 5.41) is 12.7. The normalized spacial score (nSPS) is 12.0. The van der Waals surface area contributed by atoms with Crippen molar-refractivity contribution in [3.8, 4) is 11.5 Å². The first-order chi connectivity index (χ1) is 12.2. The monoisotopic (exact) mass is 407 g/mol. The van der Waals surface area contributed by atoms with Crippen molar-refractivity contribution in [2.24, 2.45) is 0 Å². The minimum atomic E-state index is 0.0939. The number of hydrogen-bond acceptors (Lipinski definition) is 4. The lowest BCUT2D eigenvalue weighted by Crippen LogP contribution is -2.31. The summed E-state index contributed by atoms with van der Waals surface area (Å²) in [6, 6.07) is 14.1. The van der Waals surface area contributed by atoms with E-state index in [0.29, 0.717) is 19.8 Å². The number of rotatable bonds is 10. The summed E-state index contributed by atoms with van der Waals surface area (Å²) in [4.78, 5) is 0. The molecule has 0 aromatic heterocycles. The maximum Gasteiger partial charge on any atom is 0.162 e. The molecule has 2 aromatic carbocycles. The Kier molecular flexibility index (Phi) is 8.25. The van der Waals surface area contributed by atoms with Gasteiger partial charge < -0.3 is 19.9 Å². The van der Waals surface area contributed by atoms with E-state index in [1.807, 2.05) is 49.4 Å². The van der Waals surface area contributed by atoms with Crippen LogP contribution in [-0.2, 0) is 13.2 Å². The van der Waals surface area contributed by atoms with Gasteiger partial charge in [-0.05, 0) is 36.6 Å². The van der Waals surface area contributed by atoms with Gasteiger partial charge in [-0.2, -0.15) is 0 Å². The zero-order chi connectivity index (χ0) is 18.1. The van der Waals surface area contributed by atoms with Crippen LogP contribution in [0.15, 0.2) is 46.9 Å². The molecule has 1 unspecified atom stereocenters. The summed E-state index contributed by atoms with van der Waals surface area (Å²) in [5.74, 6) is 1.45. The van der Waals surface area contributed by atoms with Gasteiger partial charge in [-0.1, -0.05) is 53.2 Å². The molecule has 2 N–H and O–H groups in total. The summed E-state index contributed by atoms with van der Waals surface area (Å²) < 4.78 is 12.7. The van der Waals surface area contributed by atoms with Gasteiger partial charge in [0.15, 0.2) is 11.5 Å². The van der Waals surface area contributed by atoms with E-state index >= 15 is 0 Å². The van der Waals surface area contributed by atoms with E-state index in [-0.39, 0.29) is 12.6 Å². The zero-order valence-electron chi connectivity index (χ0n) is 14.8. The molecule has 0 aliphatic carbocycles. The second kappa shape index (κ2) is 10.4. The molecular formula is C20H26BrNO3. The van der Waals surface area contributed by atoms with Gasteiger partial charge in [0.2, 0.25) is 0 Å². The first kappa shape index (κ1) is 19.8. The molecule has 1 atom stereocenters. The van der Waals surface area contributed by atoms with Gasteiger partial charge in [0.1, 0.15) is 6.61 Å². The van der Waals surface area contributed by atoms with Crippen LogP contribution in [0.4, 0.5) is 0 Å². The van der Waals surface area contributed by atoms with Crippen molar-refractivity contribution < 1.29 is 14.6 Å². The highest BCUT2D eigenvalue weighted by molar-refractivity contribution is 9.10. The summed E-state index contributed by atoms with van der Waals surface area (Å²) in [6.45, 7) is 5.86. The summed E-state index contributed by atoms with van der Waals surface area (Å²) >= 11 is 3.61. The Balaban J connectivity index is 2.12. The third-order valence-electron chi connectivity index (χ3n) is 3.94. The highest BCUT2D eigenvalue weighted by Gasteiger charge is 2.12. The van der Waals surface area contributed by atoms with Gasteiger partial charge in [0.25, 0.3) is 0 Å². The fourth-order valence-corrected chi connectivity index (χ4v) is 2.88. The standard InChI is InChI=1S/C20H26BrNO3/c1-3-17(13-23)22-12-16-10-19(24-4-2)20(11-18(16)21)25-14-15-8-6-5-7-9-15/h5-11,17,22-23H,3-4,12-14H2,1-2H3. The van der Waals surface area contributed by atoms with Crippen molar-refractivity contribution in [3.05, 3.63) is 58.1 Å². The van der Waals surface area contributed by atoms with Crippen LogP contribution in [0.2, 0.25) is 0 Å². The summed E-state index contributed by atoms with van der Waals surface area (Å²) in [7, 11) is 0. The Morgan fingerprint density at radius 3 is 2.44 bits per heavy atom. The molecule has 0 saturated heterocycles. The molecule has 4 nitrogen and oxygen atoms in total. The SMILES string of the molecule is CCOc1cc(CNC(CC)CO)c(Br)cc1OCc1ccccc1. The highest BCUT2D eigenvalue weighted by atomic mass is 79.9. The molecule has 0 radical (unpaired) electrons. The molecule has 0 amide bonds. The molecule has 0 heterocycles. The minimum absolute atomic E-state index is 0.0939. The van der Waals surface area contributed by atoms with Crippen molar-refractivity contribution in [1.29, 1.82) is 0 Å². The molecule has 5 heteroatoms. The zero-order valence-corrected chi connectivity index (χ0v) is 16.4. The first-order valence-electron chi connectivity index (χ1n) is 8.64. The molecule has 0 aliphatic heterocycles. The third-order valence-corrected chi connectivity index (χ3v) is 4.68. The topological polar surface area (TPSA) is 50.7 Å². The molecule has 25 heavy (non-hydrogen) atoms. The number of hydrogen-bond donors (Lipinski definition) is 2. The van der Waals surface area contributed by atoms with Gasteiger partial charge in [0, 0.05) is 17.1 Å². The Hall–Kier alpha value is -1.56. The average Bonchev–Trinajstić information content (AvgIpc) is 2.64. The van der Waals surface area contributed by atoms with Crippen LogP contribution in [0, 0.1) is 0 Å². The van der Waals surface area contributed by atoms with Crippen molar-refractivity contribution in [1.82, 2.24) is 5.32 Å². The molecule has 0 aliphatic rings. The second-order valence-corrected chi connectivity index (χ2v) is 6.62. The maximum atomic E-state index is 9.32. The lowest BCUT2D eigenvalue weighted by molar-refractivity contribution is 0.238. The third kappa shape index (κ3) is 6.03. The number of halogens is 1. The first-order valence-corrected chi connectivity index (χ1v) is 9.43. The van der Waals surface area contributed by atoms with E-state index in [9.17, 15) is 5.11 Å². The number of aliphatic hydroxyl groups is 1. The molecule has 0 saturated carbocycles. The Morgan fingerprint density at radius 2 is 1.80 bits per heavy atom. The quantitative estimate of drug-likeness (QED) is 0.616. The van der Waals surface area contributed by atoms with Crippen molar-refractivity contribution in [2.45, 2.75) is 39.5 Å². The fraction of sp³-hybridized carbons (Fsp3) is 0.400. The molecule has 2 rings (SSSR count). The Bertz CT molecular complexity index is 645. The van der Waals surface area contributed by atoms with Gasteiger partial charge in [-0.15, -0.1) is 0 Å². The van der Waals surface area contributed by atoms with Gasteiger partial charge in [-0.3, -0.25) is 0 Å². The van der Waals surface area contributed by atoms with Gasteiger partial charge in [0.05, 0.1) is 13.2 Å². The van der Waals surface area contributed by atoms with Crippen molar-refractivity contribution in [3.63, 3.8) is 0 Å². The second-order valence-electron chi connectivity index (χ2n) is 5.77. The number of nitrogens with one attached hydrogen (secondary N) is 1. The van der Waals surface area contributed by atoms with Crippen LogP contribution >= 0.6 is 15.9 Å². The fourth-order valence-electron chi connectivity index (χ4n) is 2.42. The molecule has 2 aromatic rings. The number of ether oxygens (including phenoxy) is 2. The van der Waals surface area contributed by atoms with E-state index in [1.165, 1.54) is 0 Å². The smallest absolute Gasteiger partial charge is 0.162 e. The maximum absolute atomic E-state index is 9.32. The lowest BCUT2D eigenvalue weighted by atomic mass is 10.1. The Labute approximate surface area is 158 Å². The molecule has 0 spiro atoms. The van der Waals surface area contributed by atoms with Crippen LogP contribution in [0.25, 0.3) is 0 Å². The Morgan fingerprint density at radius 1 is 1.08 bits per heavy atom. The van der Waals surface area contributed by atoms with E-state index in [2.05, 4.69) is 28.2 Å². The van der Waals surface area contributed by atoms with Crippen LogP contribution in [-0.4, -0.2) is 24.4 Å².